The first-order chi connectivity index (χ1) is 19.5. The van der Waals surface area contributed by atoms with Gasteiger partial charge in [-0.15, -0.1) is 0 Å². The second kappa shape index (κ2) is 11.1. The molecule has 222 valence electrons. The molecule has 0 aliphatic heterocycles. The second-order valence-corrected chi connectivity index (χ2v) is 9.87. The van der Waals surface area contributed by atoms with Crippen LogP contribution < -0.4 is 10.6 Å². The highest BCUT2D eigenvalue weighted by Crippen LogP contribution is 2.37. The lowest BCUT2D eigenvalue weighted by molar-refractivity contribution is -0.211. The standard InChI is InChI=1S/C28H22F8N4O2/c1-26(2,28(34,35)36)25(42)37-13-14-3-9-18(22(29)30)19(11-14)24(41)38-17-7-4-15(5-8-17)23-39-20-10-6-16(27(31,32)33)12-21(20)40-23/h3-12,22H,13H2,1-2H3,(H,37,42)(H,38,41)(H,39,40). The third-order valence-corrected chi connectivity index (χ3v) is 6.55. The van der Waals surface area contributed by atoms with Crippen molar-refractivity contribution in [3.05, 3.63) is 82.9 Å². The predicted molar refractivity (Wildman–Crippen MR) is 138 cm³/mol. The third kappa shape index (κ3) is 6.37. The Balaban J connectivity index is 1.50. The number of benzene rings is 3. The first-order valence-electron chi connectivity index (χ1n) is 12.2. The number of alkyl halides is 8. The molecule has 1 aromatic heterocycles. The average Bonchev–Trinajstić information content (AvgIpc) is 3.34. The monoisotopic (exact) mass is 598 g/mol. The van der Waals surface area contributed by atoms with E-state index in [0.29, 0.717) is 24.9 Å². The van der Waals surface area contributed by atoms with Crippen molar-refractivity contribution >= 4 is 28.5 Å². The number of carbonyl (C=O) groups excluding carboxylic acids is 2. The lowest BCUT2D eigenvalue weighted by Crippen LogP contribution is -2.46. The summed E-state index contributed by atoms with van der Waals surface area (Å²) in [5.74, 6) is -2.01. The number of fused-ring (bicyclic) bond motifs is 1. The van der Waals surface area contributed by atoms with Gasteiger partial charge in [-0.2, -0.15) is 26.3 Å². The summed E-state index contributed by atoms with van der Waals surface area (Å²) in [5.41, 5.74) is -3.40. The van der Waals surface area contributed by atoms with Gasteiger partial charge in [-0.25, -0.2) is 13.8 Å². The highest BCUT2D eigenvalue weighted by Gasteiger charge is 2.52. The molecule has 0 bridgehead atoms. The van der Waals surface area contributed by atoms with E-state index in [1.165, 1.54) is 36.4 Å². The molecule has 42 heavy (non-hydrogen) atoms. The number of aromatic amines is 1. The molecule has 1 heterocycles. The molecule has 0 unspecified atom stereocenters. The summed E-state index contributed by atoms with van der Waals surface area (Å²) < 4.78 is 106. The highest BCUT2D eigenvalue weighted by molar-refractivity contribution is 6.05. The Kier molecular flexibility index (Phi) is 8.03. The number of H-pyrrole nitrogens is 1. The van der Waals surface area contributed by atoms with Gasteiger partial charge >= 0.3 is 12.4 Å². The Morgan fingerprint density at radius 1 is 0.905 bits per heavy atom. The van der Waals surface area contributed by atoms with Crippen LogP contribution >= 0.6 is 0 Å². The quantitative estimate of drug-likeness (QED) is 0.191. The summed E-state index contributed by atoms with van der Waals surface area (Å²) >= 11 is 0. The van der Waals surface area contributed by atoms with E-state index in [1.54, 1.807) is 0 Å². The Morgan fingerprint density at radius 2 is 1.57 bits per heavy atom. The van der Waals surface area contributed by atoms with Gasteiger partial charge in [-0.3, -0.25) is 9.59 Å². The molecule has 3 aromatic carbocycles. The van der Waals surface area contributed by atoms with Crippen molar-refractivity contribution in [2.45, 2.75) is 39.2 Å². The molecule has 0 aliphatic carbocycles. The molecule has 6 nitrogen and oxygen atoms in total. The van der Waals surface area contributed by atoms with E-state index >= 15 is 0 Å². The molecule has 3 N–H and O–H groups in total. The minimum Gasteiger partial charge on any atom is -0.351 e. The summed E-state index contributed by atoms with van der Waals surface area (Å²) in [6.45, 7) is 0.952. The molecule has 0 aliphatic rings. The number of aromatic nitrogens is 2. The van der Waals surface area contributed by atoms with E-state index in [2.05, 4.69) is 20.6 Å². The molecule has 2 amide bonds. The summed E-state index contributed by atoms with van der Waals surface area (Å²) in [6.07, 6.45) is -12.4. The lowest BCUT2D eigenvalue weighted by Gasteiger charge is -2.26. The topological polar surface area (TPSA) is 86.9 Å². The Labute approximate surface area is 233 Å². The van der Waals surface area contributed by atoms with Crippen molar-refractivity contribution in [3.63, 3.8) is 0 Å². The van der Waals surface area contributed by atoms with Gasteiger partial charge in [-0.1, -0.05) is 12.1 Å². The number of imidazole rings is 1. The van der Waals surface area contributed by atoms with E-state index in [0.717, 1.165) is 24.3 Å². The van der Waals surface area contributed by atoms with E-state index in [1.807, 2.05) is 0 Å². The first kappa shape index (κ1) is 30.5. The molecule has 4 rings (SSSR count). The molecule has 0 saturated carbocycles. The fraction of sp³-hybridized carbons (Fsp3) is 0.250. The van der Waals surface area contributed by atoms with Crippen molar-refractivity contribution in [3.8, 4) is 11.4 Å². The summed E-state index contributed by atoms with van der Waals surface area (Å²) in [7, 11) is 0. The number of hydrogen-bond acceptors (Lipinski definition) is 3. The average molecular weight is 598 g/mol. The number of amides is 2. The zero-order valence-electron chi connectivity index (χ0n) is 21.8. The SMILES string of the molecule is CC(C)(C(=O)NCc1ccc(C(F)F)c(C(=O)Nc2ccc(-c3nc4ccc(C(F)(F)F)cc4[nH]3)cc2)c1)C(F)(F)F. The van der Waals surface area contributed by atoms with Crippen LogP contribution in [0.25, 0.3) is 22.4 Å². The van der Waals surface area contributed by atoms with Gasteiger partial charge in [-0.05, 0) is 67.9 Å². The van der Waals surface area contributed by atoms with Gasteiger partial charge in [0, 0.05) is 28.9 Å². The van der Waals surface area contributed by atoms with E-state index in [4.69, 9.17) is 0 Å². The normalized spacial score (nSPS) is 12.5. The molecule has 4 aromatic rings. The number of anilines is 1. The smallest absolute Gasteiger partial charge is 0.351 e. The van der Waals surface area contributed by atoms with Crippen LogP contribution in [-0.4, -0.2) is 28.0 Å². The van der Waals surface area contributed by atoms with Crippen LogP contribution in [-0.2, 0) is 17.5 Å². The Bertz CT molecular complexity index is 1620. The van der Waals surface area contributed by atoms with Crippen LogP contribution in [0.4, 0.5) is 40.8 Å². The van der Waals surface area contributed by atoms with Crippen LogP contribution in [0.5, 0.6) is 0 Å². The van der Waals surface area contributed by atoms with Crippen LogP contribution in [0.2, 0.25) is 0 Å². The summed E-state index contributed by atoms with van der Waals surface area (Å²) in [6, 6.07) is 12.1. The second-order valence-electron chi connectivity index (χ2n) is 9.87. The van der Waals surface area contributed by atoms with Crippen molar-refractivity contribution in [2.75, 3.05) is 5.32 Å². The van der Waals surface area contributed by atoms with E-state index in [9.17, 15) is 44.7 Å². The summed E-state index contributed by atoms with van der Waals surface area (Å²) in [5, 5.41) is 4.56. The van der Waals surface area contributed by atoms with Gasteiger partial charge in [0.25, 0.3) is 12.3 Å². The van der Waals surface area contributed by atoms with Crippen molar-refractivity contribution in [1.29, 1.82) is 0 Å². The van der Waals surface area contributed by atoms with Crippen LogP contribution in [0.3, 0.4) is 0 Å². The molecule has 0 radical (unpaired) electrons. The highest BCUT2D eigenvalue weighted by atomic mass is 19.4. The zero-order valence-corrected chi connectivity index (χ0v) is 21.8. The van der Waals surface area contributed by atoms with Crippen molar-refractivity contribution in [1.82, 2.24) is 15.3 Å². The number of nitrogens with zero attached hydrogens (tertiary/aromatic N) is 1. The number of rotatable bonds is 7. The van der Waals surface area contributed by atoms with Gasteiger partial charge in [0.2, 0.25) is 5.91 Å². The first-order valence-corrected chi connectivity index (χ1v) is 12.2. The van der Waals surface area contributed by atoms with Crippen LogP contribution in [0, 0.1) is 5.41 Å². The zero-order chi connectivity index (χ0) is 31.0. The fourth-order valence-corrected chi connectivity index (χ4v) is 3.86. The Hall–Kier alpha value is -4.49. The summed E-state index contributed by atoms with van der Waals surface area (Å²) in [4.78, 5) is 32.0. The minimum atomic E-state index is -4.82. The van der Waals surface area contributed by atoms with Crippen molar-refractivity contribution in [2.24, 2.45) is 5.41 Å². The largest absolute Gasteiger partial charge is 0.416 e. The molecular weight excluding hydrogens is 576 g/mol. The van der Waals surface area contributed by atoms with Crippen LogP contribution in [0.1, 0.15) is 47.3 Å². The fourth-order valence-electron chi connectivity index (χ4n) is 3.86. The predicted octanol–water partition coefficient (Wildman–Crippen LogP) is 7.64. The molecule has 0 fully saturated rings. The third-order valence-electron chi connectivity index (χ3n) is 6.55. The van der Waals surface area contributed by atoms with Gasteiger partial charge in [0.15, 0.2) is 0 Å². The maximum Gasteiger partial charge on any atom is 0.416 e. The lowest BCUT2D eigenvalue weighted by atomic mass is 9.91. The number of nitrogens with one attached hydrogen (secondary N) is 3. The number of carbonyl (C=O) groups is 2. The maximum atomic E-state index is 13.6. The Morgan fingerprint density at radius 3 is 2.17 bits per heavy atom. The van der Waals surface area contributed by atoms with E-state index in [-0.39, 0.29) is 22.6 Å². The van der Waals surface area contributed by atoms with Crippen molar-refractivity contribution < 1.29 is 44.7 Å². The molecule has 0 saturated heterocycles. The molecular formula is C28H22F8N4O2. The maximum absolute atomic E-state index is 13.6. The van der Waals surface area contributed by atoms with Gasteiger partial charge in [0.05, 0.1) is 16.6 Å². The number of hydrogen-bond donors (Lipinski definition) is 3. The van der Waals surface area contributed by atoms with Gasteiger partial charge in [0.1, 0.15) is 11.2 Å². The number of halogens is 8. The minimum absolute atomic E-state index is 0.116. The molecule has 0 atom stereocenters. The van der Waals surface area contributed by atoms with E-state index < -0.39 is 59.2 Å². The van der Waals surface area contributed by atoms with Crippen LogP contribution in [0.15, 0.2) is 60.7 Å². The molecule has 14 heteroatoms. The molecule has 0 spiro atoms. The van der Waals surface area contributed by atoms with Gasteiger partial charge < -0.3 is 15.6 Å².